The summed E-state index contributed by atoms with van der Waals surface area (Å²) in [5.41, 5.74) is 2.99. The summed E-state index contributed by atoms with van der Waals surface area (Å²) in [6.07, 6.45) is 0. The van der Waals surface area contributed by atoms with Crippen molar-refractivity contribution in [1.82, 2.24) is 5.32 Å². The molecule has 0 saturated heterocycles. The second-order valence-electron chi connectivity index (χ2n) is 5.12. The predicted octanol–water partition coefficient (Wildman–Crippen LogP) is 2.74. The van der Waals surface area contributed by atoms with E-state index in [9.17, 15) is 4.79 Å². The lowest BCUT2D eigenvalue weighted by Crippen LogP contribution is -2.29. The molecule has 23 heavy (non-hydrogen) atoms. The van der Waals surface area contributed by atoms with Gasteiger partial charge in [-0.15, -0.1) is 0 Å². The maximum Gasteiger partial charge on any atom is 0.239 e. The molecule has 0 bridgehead atoms. The zero-order valence-corrected chi connectivity index (χ0v) is 13.7. The van der Waals surface area contributed by atoms with E-state index in [1.165, 1.54) is 0 Å². The third-order valence-electron chi connectivity index (χ3n) is 3.58. The molecule has 0 heterocycles. The van der Waals surface area contributed by atoms with Gasteiger partial charge in [0.15, 0.2) is 0 Å². The highest BCUT2D eigenvalue weighted by Gasteiger charge is 2.07. The Labute approximate surface area is 136 Å². The minimum Gasteiger partial charge on any atom is -0.497 e. The molecule has 122 valence electrons. The maximum atomic E-state index is 12.0. The standard InChI is InChI=1S/C18H22N2O3/c1-13-6-4-5-7-14(13)11-20-18(21)12-19-16-10-15(22-2)8-9-17(16)23-3/h4-10,19H,11-12H2,1-3H3,(H,20,21). The van der Waals surface area contributed by atoms with Gasteiger partial charge in [0.05, 0.1) is 26.5 Å². The summed E-state index contributed by atoms with van der Waals surface area (Å²) in [7, 11) is 3.19. The Balaban J connectivity index is 1.90. The zero-order valence-electron chi connectivity index (χ0n) is 13.7. The van der Waals surface area contributed by atoms with Crippen LogP contribution in [0.15, 0.2) is 42.5 Å². The van der Waals surface area contributed by atoms with Crippen molar-refractivity contribution in [3.8, 4) is 11.5 Å². The molecular weight excluding hydrogens is 292 g/mol. The van der Waals surface area contributed by atoms with Crippen molar-refractivity contribution in [2.45, 2.75) is 13.5 Å². The molecule has 2 N–H and O–H groups in total. The van der Waals surface area contributed by atoms with E-state index in [1.54, 1.807) is 26.4 Å². The first-order valence-electron chi connectivity index (χ1n) is 7.41. The van der Waals surface area contributed by atoms with E-state index in [1.807, 2.05) is 37.3 Å². The number of hydrogen-bond acceptors (Lipinski definition) is 4. The number of amides is 1. The average molecular weight is 314 g/mol. The highest BCUT2D eigenvalue weighted by molar-refractivity contribution is 5.81. The summed E-state index contributed by atoms with van der Waals surface area (Å²) in [6, 6.07) is 13.4. The molecule has 5 nitrogen and oxygen atoms in total. The van der Waals surface area contributed by atoms with Crippen LogP contribution in [0.1, 0.15) is 11.1 Å². The van der Waals surface area contributed by atoms with Crippen molar-refractivity contribution in [2.75, 3.05) is 26.1 Å². The van der Waals surface area contributed by atoms with Crippen molar-refractivity contribution >= 4 is 11.6 Å². The van der Waals surface area contributed by atoms with E-state index in [4.69, 9.17) is 9.47 Å². The van der Waals surface area contributed by atoms with Gasteiger partial charge in [0, 0.05) is 12.6 Å². The molecule has 0 atom stereocenters. The smallest absolute Gasteiger partial charge is 0.239 e. The molecule has 0 spiro atoms. The molecule has 0 aliphatic carbocycles. The first kappa shape index (κ1) is 16.7. The van der Waals surface area contributed by atoms with E-state index in [-0.39, 0.29) is 12.5 Å². The van der Waals surface area contributed by atoms with E-state index < -0.39 is 0 Å². The van der Waals surface area contributed by atoms with Gasteiger partial charge in [-0.25, -0.2) is 0 Å². The highest BCUT2D eigenvalue weighted by Crippen LogP contribution is 2.28. The first-order valence-corrected chi connectivity index (χ1v) is 7.41. The van der Waals surface area contributed by atoms with Gasteiger partial charge in [0.2, 0.25) is 5.91 Å². The number of carbonyl (C=O) groups excluding carboxylic acids is 1. The summed E-state index contributed by atoms with van der Waals surface area (Å²) in [6.45, 7) is 2.71. The highest BCUT2D eigenvalue weighted by atomic mass is 16.5. The Morgan fingerprint density at radius 2 is 1.87 bits per heavy atom. The summed E-state index contributed by atoms with van der Waals surface area (Å²) < 4.78 is 10.5. The molecule has 0 radical (unpaired) electrons. The second kappa shape index (κ2) is 8.08. The number of nitrogens with one attached hydrogen (secondary N) is 2. The fourth-order valence-corrected chi connectivity index (χ4v) is 2.19. The van der Waals surface area contributed by atoms with Crippen molar-refractivity contribution in [3.63, 3.8) is 0 Å². The van der Waals surface area contributed by atoms with Crippen molar-refractivity contribution in [1.29, 1.82) is 0 Å². The number of benzene rings is 2. The predicted molar refractivity (Wildman–Crippen MR) is 91.1 cm³/mol. The molecule has 0 aliphatic heterocycles. The topological polar surface area (TPSA) is 59.6 Å². The Kier molecular flexibility index (Phi) is 5.86. The van der Waals surface area contributed by atoms with E-state index in [0.717, 1.165) is 16.8 Å². The molecule has 0 aromatic heterocycles. The number of aryl methyl sites for hydroxylation is 1. The first-order chi connectivity index (χ1) is 11.1. The van der Waals surface area contributed by atoms with Crippen LogP contribution in [0, 0.1) is 6.92 Å². The summed E-state index contributed by atoms with van der Waals surface area (Å²) >= 11 is 0. The molecule has 5 heteroatoms. The largest absolute Gasteiger partial charge is 0.497 e. The van der Waals surface area contributed by atoms with Gasteiger partial charge in [0.25, 0.3) is 0 Å². The monoisotopic (exact) mass is 314 g/mol. The normalized spacial score (nSPS) is 10.0. The Morgan fingerprint density at radius 1 is 1.09 bits per heavy atom. The van der Waals surface area contributed by atoms with Crippen molar-refractivity contribution < 1.29 is 14.3 Å². The lowest BCUT2D eigenvalue weighted by atomic mass is 10.1. The van der Waals surface area contributed by atoms with Crippen LogP contribution >= 0.6 is 0 Å². The molecule has 2 aromatic carbocycles. The van der Waals surface area contributed by atoms with E-state index in [2.05, 4.69) is 10.6 Å². The van der Waals surface area contributed by atoms with Crippen LogP contribution in [0.5, 0.6) is 11.5 Å². The number of methoxy groups -OCH3 is 2. The fourth-order valence-electron chi connectivity index (χ4n) is 2.19. The third kappa shape index (κ3) is 4.64. The molecule has 0 unspecified atom stereocenters. The summed E-state index contributed by atoms with van der Waals surface area (Å²) in [5.74, 6) is 1.28. The molecule has 0 saturated carbocycles. The van der Waals surface area contributed by atoms with E-state index >= 15 is 0 Å². The van der Waals surface area contributed by atoms with Crippen LogP contribution < -0.4 is 20.1 Å². The van der Waals surface area contributed by atoms with Gasteiger partial charge in [-0.3, -0.25) is 4.79 Å². The van der Waals surface area contributed by atoms with E-state index in [0.29, 0.717) is 18.0 Å². The number of rotatable bonds is 7. The minimum absolute atomic E-state index is 0.0851. The molecular formula is C18H22N2O3. The summed E-state index contributed by atoms with van der Waals surface area (Å²) in [4.78, 5) is 12.0. The van der Waals surface area contributed by atoms with Crippen LogP contribution in [0.4, 0.5) is 5.69 Å². The lowest BCUT2D eigenvalue weighted by molar-refractivity contribution is -0.119. The SMILES string of the molecule is COc1ccc(OC)c(NCC(=O)NCc2ccccc2C)c1. The van der Waals surface area contributed by atoms with Gasteiger partial charge in [-0.1, -0.05) is 24.3 Å². The van der Waals surface area contributed by atoms with Crippen molar-refractivity contribution in [3.05, 3.63) is 53.6 Å². The third-order valence-corrected chi connectivity index (χ3v) is 3.58. The van der Waals surface area contributed by atoms with Gasteiger partial charge in [-0.2, -0.15) is 0 Å². The molecule has 2 aromatic rings. The number of anilines is 1. The second-order valence-corrected chi connectivity index (χ2v) is 5.12. The van der Waals surface area contributed by atoms with Crippen LogP contribution in [0.25, 0.3) is 0 Å². The van der Waals surface area contributed by atoms with Crippen LogP contribution in [0.3, 0.4) is 0 Å². The maximum absolute atomic E-state index is 12.0. The van der Waals surface area contributed by atoms with Gasteiger partial charge < -0.3 is 20.1 Å². The Bertz CT molecular complexity index is 671. The Morgan fingerprint density at radius 3 is 2.57 bits per heavy atom. The fraction of sp³-hybridized carbons (Fsp3) is 0.278. The lowest BCUT2D eigenvalue weighted by Gasteiger charge is -2.13. The van der Waals surface area contributed by atoms with Crippen LogP contribution in [-0.4, -0.2) is 26.7 Å². The van der Waals surface area contributed by atoms with Crippen molar-refractivity contribution in [2.24, 2.45) is 0 Å². The minimum atomic E-state index is -0.0851. The Hall–Kier alpha value is -2.69. The number of ether oxygens (including phenoxy) is 2. The quantitative estimate of drug-likeness (QED) is 0.825. The number of hydrogen-bond donors (Lipinski definition) is 2. The molecule has 1 amide bonds. The average Bonchev–Trinajstić information content (AvgIpc) is 2.58. The summed E-state index contributed by atoms with van der Waals surface area (Å²) in [5, 5.41) is 5.98. The zero-order chi connectivity index (χ0) is 16.7. The van der Waals surface area contributed by atoms with Gasteiger partial charge in [-0.05, 0) is 30.2 Å². The van der Waals surface area contributed by atoms with Gasteiger partial charge >= 0.3 is 0 Å². The molecule has 2 rings (SSSR count). The van der Waals surface area contributed by atoms with Crippen LogP contribution in [0.2, 0.25) is 0 Å². The van der Waals surface area contributed by atoms with Gasteiger partial charge in [0.1, 0.15) is 11.5 Å². The van der Waals surface area contributed by atoms with Crippen LogP contribution in [-0.2, 0) is 11.3 Å². The molecule has 0 fully saturated rings. The molecule has 0 aliphatic rings. The number of carbonyl (C=O) groups is 1.